The van der Waals surface area contributed by atoms with E-state index in [9.17, 15) is 14.3 Å². The molecule has 3 atom stereocenters. The first-order chi connectivity index (χ1) is 12.6. The van der Waals surface area contributed by atoms with E-state index < -0.39 is 5.60 Å². The van der Waals surface area contributed by atoms with E-state index in [1.54, 1.807) is 12.1 Å². The number of aliphatic hydroxyl groups is 1. The number of likely N-dealkylation sites (tertiary alicyclic amines) is 1. The van der Waals surface area contributed by atoms with Gasteiger partial charge in [0.15, 0.2) is 0 Å². The Bertz CT molecular complexity index is 776. The Morgan fingerprint density at radius 1 is 1.04 bits per heavy atom. The second kappa shape index (κ2) is 6.84. The third-order valence-corrected chi connectivity index (χ3v) is 6.06. The molecule has 0 radical (unpaired) electrons. The summed E-state index contributed by atoms with van der Waals surface area (Å²) in [5.41, 5.74) is 0.826. The lowest BCUT2D eigenvalue weighted by atomic mass is 9.66. The number of hydrogen-bond acceptors (Lipinski definition) is 2. The number of carbonyl (C=O) groups excluding carboxylic acids is 1. The van der Waals surface area contributed by atoms with Crippen molar-refractivity contribution < 1.29 is 14.3 Å². The molecular formula is C22H24FNO2. The van der Waals surface area contributed by atoms with Crippen molar-refractivity contribution in [2.24, 2.45) is 5.92 Å². The van der Waals surface area contributed by atoms with E-state index in [1.165, 1.54) is 12.1 Å². The second-order valence-electron chi connectivity index (χ2n) is 7.57. The summed E-state index contributed by atoms with van der Waals surface area (Å²) in [5, 5.41) is 11.2. The van der Waals surface area contributed by atoms with Crippen LogP contribution in [0.25, 0.3) is 0 Å². The van der Waals surface area contributed by atoms with E-state index in [4.69, 9.17) is 0 Å². The summed E-state index contributed by atoms with van der Waals surface area (Å²) in [6, 6.07) is 15.4. The Hall–Kier alpha value is -2.20. The highest BCUT2D eigenvalue weighted by Crippen LogP contribution is 2.49. The summed E-state index contributed by atoms with van der Waals surface area (Å²) in [6.45, 7) is 0.517. The maximum atomic E-state index is 13.5. The van der Waals surface area contributed by atoms with Crippen LogP contribution in [-0.2, 0) is 0 Å². The van der Waals surface area contributed by atoms with Crippen LogP contribution >= 0.6 is 0 Å². The van der Waals surface area contributed by atoms with Gasteiger partial charge in [-0.25, -0.2) is 4.39 Å². The molecule has 2 aromatic rings. The summed E-state index contributed by atoms with van der Waals surface area (Å²) in [7, 11) is 0. The van der Waals surface area contributed by atoms with Crippen LogP contribution in [0.5, 0.6) is 0 Å². The SMILES string of the molecule is O=C(c1ccccc1)N1CC[C@]2(O)CCCC[C@@H]2[C@@H]1c1ccc(F)cc1. The zero-order valence-electron chi connectivity index (χ0n) is 14.8. The summed E-state index contributed by atoms with van der Waals surface area (Å²) in [5.74, 6) is -0.319. The molecule has 0 spiro atoms. The van der Waals surface area contributed by atoms with Crippen molar-refractivity contribution in [3.8, 4) is 0 Å². The van der Waals surface area contributed by atoms with Crippen LogP contribution in [0, 0.1) is 11.7 Å². The second-order valence-corrected chi connectivity index (χ2v) is 7.57. The molecule has 0 aromatic heterocycles. The molecule has 1 N–H and O–H groups in total. The summed E-state index contributed by atoms with van der Waals surface area (Å²) < 4.78 is 13.5. The number of fused-ring (bicyclic) bond motifs is 1. The molecule has 1 aliphatic heterocycles. The number of piperidine rings is 1. The Balaban J connectivity index is 1.74. The van der Waals surface area contributed by atoms with Crippen LogP contribution in [0.4, 0.5) is 4.39 Å². The highest BCUT2D eigenvalue weighted by Gasteiger charge is 2.50. The first-order valence-corrected chi connectivity index (χ1v) is 9.42. The molecule has 0 unspecified atom stereocenters. The van der Waals surface area contributed by atoms with Crippen LogP contribution in [0.1, 0.15) is 54.1 Å². The molecular weight excluding hydrogens is 329 g/mol. The minimum atomic E-state index is -0.731. The minimum absolute atomic E-state index is 0.0110. The first-order valence-electron chi connectivity index (χ1n) is 9.42. The Labute approximate surface area is 153 Å². The van der Waals surface area contributed by atoms with Gasteiger partial charge in [-0.15, -0.1) is 0 Å². The average Bonchev–Trinajstić information content (AvgIpc) is 2.67. The fourth-order valence-electron chi connectivity index (χ4n) is 4.73. The van der Waals surface area contributed by atoms with E-state index in [-0.39, 0.29) is 23.7 Å². The zero-order chi connectivity index (χ0) is 18.1. The van der Waals surface area contributed by atoms with E-state index in [1.807, 2.05) is 35.2 Å². The first kappa shape index (κ1) is 17.2. The van der Waals surface area contributed by atoms with Gasteiger partial charge in [0.1, 0.15) is 5.82 Å². The highest BCUT2D eigenvalue weighted by molar-refractivity contribution is 5.94. The third-order valence-electron chi connectivity index (χ3n) is 6.06. The fraction of sp³-hybridized carbons (Fsp3) is 0.409. The van der Waals surface area contributed by atoms with Gasteiger partial charge in [-0.05, 0) is 49.1 Å². The van der Waals surface area contributed by atoms with E-state index in [0.29, 0.717) is 18.5 Å². The van der Waals surface area contributed by atoms with Crippen molar-refractivity contribution in [2.75, 3.05) is 6.54 Å². The van der Waals surface area contributed by atoms with Gasteiger partial charge in [0.05, 0.1) is 11.6 Å². The van der Waals surface area contributed by atoms with Gasteiger partial charge >= 0.3 is 0 Å². The fourth-order valence-corrected chi connectivity index (χ4v) is 4.73. The minimum Gasteiger partial charge on any atom is -0.389 e. The number of hydrogen-bond donors (Lipinski definition) is 1. The Kier molecular flexibility index (Phi) is 4.53. The van der Waals surface area contributed by atoms with Crippen molar-refractivity contribution >= 4 is 5.91 Å². The van der Waals surface area contributed by atoms with Crippen molar-refractivity contribution in [3.63, 3.8) is 0 Å². The van der Waals surface area contributed by atoms with Crippen molar-refractivity contribution in [1.29, 1.82) is 0 Å². The molecule has 26 heavy (non-hydrogen) atoms. The Morgan fingerprint density at radius 3 is 2.50 bits per heavy atom. The maximum Gasteiger partial charge on any atom is 0.254 e. The van der Waals surface area contributed by atoms with Crippen molar-refractivity contribution in [2.45, 2.75) is 43.7 Å². The van der Waals surface area contributed by atoms with Crippen LogP contribution in [0.15, 0.2) is 54.6 Å². The lowest BCUT2D eigenvalue weighted by Crippen LogP contribution is -2.56. The molecule has 2 aliphatic rings. The average molecular weight is 353 g/mol. The molecule has 2 fully saturated rings. The van der Waals surface area contributed by atoms with E-state index >= 15 is 0 Å². The van der Waals surface area contributed by atoms with Gasteiger partial charge in [-0.3, -0.25) is 4.79 Å². The summed E-state index contributed by atoms with van der Waals surface area (Å²) >= 11 is 0. The monoisotopic (exact) mass is 353 g/mol. The topological polar surface area (TPSA) is 40.5 Å². The van der Waals surface area contributed by atoms with Crippen LogP contribution < -0.4 is 0 Å². The van der Waals surface area contributed by atoms with Gasteiger partial charge in [0, 0.05) is 18.0 Å². The molecule has 0 bridgehead atoms. The Morgan fingerprint density at radius 2 is 1.77 bits per heavy atom. The van der Waals surface area contributed by atoms with Gasteiger partial charge in [0.25, 0.3) is 5.91 Å². The molecule has 1 saturated carbocycles. The molecule has 1 aliphatic carbocycles. The van der Waals surface area contributed by atoms with Gasteiger partial charge in [-0.1, -0.05) is 43.2 Å². The van der Waals surface area contributed by atoms with Crippen LogP contribution in [0.3, 0.4) is 0 Å². The molecule has 1 heterocycles. The zero-order valence-corrected chi connectivity index (χ0v) is 14.8. The molecule has 136 valence electrons. The van der Waals surface area contributed by atoms with Gasteiger partial charge < -0.3 is 10.0 Å². The maximum absolute atomic E-state index is 13.5. The lowest BCUT2D eigenvalue weighted by Gasteiger charge is -2.52. The number of nitrogens with zero attached hydrogens (tertiary/aromatic N) is 1. The van der Waals surface area contributed by atoms with Gasteiger partial charge in [-0.2, -0.15) is 0 Å². The molecule has 4 rings (SSSR count). The van der Waals surface area contributed by atoms with E-state index in [0.717, 1.165) is 31.2 Å². The van der Waals surface area contributed by atoms with Gasteiger partial charge in [0.2, 0.25) is 0 Å². The van der Waals surface area contributed by atoms with Crippen LogP contribution in [0.2, 0.25) is 0 Å². The molecule has 1 amide bonds. The quantitative estimate of drug-likeness (QED) is 0.873. The predicted octanol–water partition coefficient (Wildman–Crippen LogP) is 4.33. The molecule has 3 nitrogen and oxygen atoms in total. The van der Waals surface area contributed by atoms with Crippen molar-refractivity contribution in [3.05, 3.63) is 71.5 Å². The number of halogens is 1. The van der Waals surface area contributed by atoms with E-state index in [2.05, 4.69) is 0 Å². The number of amides is 1. The van der Waals surface area contributed by atoms with Crippen molar-refractivity contribution in [1.82, 2.24) is 4.90 Å². The summed E-state index contributed by atoms with van der Waals surface area (Å²) in [4.78, 5) is 15.1. The standard InChI is InChI=1S/C22H24FNO2/c23-18-11-9-16(10-12-18)20-19-8-4-5-13-22(19,26)14-15-24(20)21(25)17-6-2-1-3-7-17/h1-3,6-7,9-12,19-20,26H,4-5,8,13-15H2/t19-,20+,22-/m1/s1. The molecule has 2 aromatic carbocycles. The lowest BCUT2D eigenvalue weighted by molar-refractivity contribution is -0.115. The molecule has 1 saturated heterocycles. The third kappa shape index (κ3) is 3.03. The molecule has 4 heteroatoms. The predicted molar refractivity (Wildman–Crippen MR) is 98.1 cm³/mol. The smallest absolute Gasteiger partial charge is 0.254 e. The number of benzene rings is 2. The largest absolute Gasteiger partial charge is 0.389 e. The highest BCUT2D eigenvalue weighted by atomic mass is 19.1. The number of carbonyl (C=O) groups is 1. The summed E-state index contributed by atoms with van der Waals surface area (Å²) in [6.07, 6.45) is 4.35. The normalized spacial score (nSPS) is 28.5. The van der Waals surface area contributed by atoms with Crippen LogP contribution in [-0.4, -0.2) is 28.1 Å². The number of rotatable bonds is 2.